The van der Waals surface area contributed by atoms with Crippen molar-refractivity contribution in [3.05, 3.63) is 63.9 Å². The van der Waals surface area contributed by atoms with Crippen molar-refractivity contribution in [3.8, 4) is 0 Å². The topological polar surface area (TPSA) is 106 Å². The number of nitrogens with one attached hydrogen (secondary N) is 3. The molecule has 0 atom stereocenters. The van der Waals surface area contributed by atoms with Crippen LogP contribution >= 0.6 is 11.6 Å². The third-order valence-electron chi connectivity index (χ3n) is 6.46. The van der Waals surface area contributed by atoms with Crippen molar-refractivity contribution in [1.29, 1.82) is 0 Å². The van der Waals surface area contributed by atoms with E-state index in [0.717, 1.165) is 5.69 Å². The number of anilines is 3. The minimum absolute atomic E-state index is 0.0553. The van der Waals surface area contributed by atoms with E-state index >= 15 is 4.39 Å². The van der Waals surface area contributed by atoms with Gasteiger partial charge in [-0.1, -0.05) is 23.7 Å². The SMILES string of the molecule is CNc1cc(Nc2cc(C)[nH]n2)nc(CC2(C(=O)O)CCN(Cc3cccc(Cl)c3F)CC2)c1F. The Hall–Kier alpha value is -3.24. The number of aryl methyl sites for hydroxylation is 1. The van der Waals surface area contributed by atoms with Gasteiger partial charge in [0.05, 0.1) is 21.8 Å². The van der Waals surface area contributed by atoms with Crippen molar-refractivity contribution in [2.45, 2.75) is 32.7 Å². The van der Waals surface area contributed by atoms with E-state index in [0.29, 0.717) is 36.8 Å². The number of piperidine rings is 1. The van der Waals surface area contributed by atoms with Gasteiger partial charge in [-0.15, -0.1) is 0 Å². The van der Waals surface area contributed by atoms with E-state index in [2.05, 4.69) is 25.8 Å². The molecule has 1 aliphatic rings. The first-order chi connectivity index (χ1) is 16.7. The summed E-state index contributed by atoms with van der Waals surface area (Å²) in [5.41, 5.74) is 0.378. The molecule has 0 bridgehead atoms. The van der Waals surface area contributed by atoms with Crippen LogP contribution in [0.25, 0.3) is 0 Å². The molecule has 0 amide bonds. The summed E-state index contributed by atoms with van der Waals surface area (Å²) in [6.07, 6.45) is 0.477. The molecule has 0 radical (unpaired) electrons. The Morgan fingerprint density at radius 2 is 1.97 bits per heavy atom. The molecule has 1 fully saturated rings. The Labute approximate surface area is 206 Å². The van der Waals surface area contributed by atoms with Crippen molar-refractivity contribution < 1.29 is 18.7 Å². The van der Waals surface area contributed by atoms with Crippen LogP contribution in [0.5, 0.6) is 0 Å². The van der Waals surface area contributed by atoms with Crippen molar-refractivity contribution >= 4 is 34.9 Å². The monoisotopic (exact) mass is 504 g/mol. The lowest BCUT2D eigenvalue weighted by atomic mass is 9.74. The second-order valence-corrected chi connectivity index (χ2v) is 9.29. The number of hydrogen-bond donors (Lipinski definition) is 4. The molecule has 186 valence electrons. The molecule has 1 saturated heterocycles. The molecule has 4 rings (SSSR count). The lowest BCUT2D eigenvalue weighted by molar-refractivity contribution is -0.152. The average Bonchev–Trinajstić information content (AvgIpc) is 3.24. The zero-order valence-corrected chi connectivity index (χ0v) is 20.2. The van der Waals surface area contributed by atoms with Crippen molar-refractivity contribution in [2.75, 3.05) is 30.8 Å². The second kappa shape index (κ2) is 10.2. The highest BCUT2D eigenvalue weighted by molar-refractivity contribution is 6.30. The van der Waals surface area contributed by atoms with Crippen LogP contribution < -0.4 is 10.6 Å². The fraction of sp³-hybridized carbons (Fsp3) is 0.375. The van der Waals surface area contributed by atoms with Gasteiger partial charge in [-0.3, -0.25) is 14.8 Å². The third kappa shape index (κ3) is 5.38. The molecule has 11 heteroatoms. The number of halogens is 3. The van der Waals surface area contributed by atoms with Crippen LogP contribution in [0, 0.1) is 24.0 Å². The molecule has 2 aromatic heterocycles. The Balaban J connectivity index is 1.53. The fourth-order valence-electron chi connectivity index (χ4n) is 4.40. The molecule has 0 aliphatic carbocycles. The molecule has 3 aromatic rings. The Bertz CT molecular complexity index is 1230. The van der Waals surface area contributed by atoms with Gasteiger partial charge in [-0.05, 0) is 38.9 Å². The van der Waals surface area contributed by atoms with Crippen LogP contribution in [-0.2, 0) is 17.8 Å². The maximum atomic E-state index is 15.2. The van der Waals surface area contributed by atoms with E-state index in [-0.39, 0.29) is 35.7 Å². The van der Waals surface area contributed by atoms with Crippen molar-refractivity contribution in [1.82, 2.24) is 20.1 Å². The first kappa shape index (κ1) is 24.9. The number of aromatic amines is 1. The van der Waals surface area contributed by atoms with Crippen molar-refractivity contribution in [3.63, 3.8) is 0 Å². The van der Waals surface area contributed by atoms with Gasteiger partial charge in [0.2, 0.25) is 0 Å². The molecule has 0 unspecified atom stereocenters. The Kier molecular flexibility index (Phi) is 7.23. The van der Waals surface area contributed by atoms with Gasteiger partial charge in [-0.2, -0.15) is 5.10 Å². The number of carbonyl (C=O) groups is 1. The summed E-state index contributed by atoms with van der Waals surface area (Å²) in [7, 11) is 1.59. The molecular formula is C24H27ClF2N6O2. The number of carboxylic acid groups (broad SMARTS) is 1. The quantitative estimate of drug-likeness (QED) is 0.351. The summed E-state index contributed by atoms with van der Waals surface area (Å²) >= 11 is 5.88. The van der Waals surface area contributed by atoms with Crippen LogP contribution in [-0.4, -0.2) is 51.3 Å². The van der Waals surface area contributed by atoms with E-state index in [1.54, 1.807) is 25.2 Å². The minimum Gasteiger partial charge on any atom is -0.481 e. The number of rotatable bonds is 8. The predicted molar refractivity (Wildman–Crippen MR) is 130 cm³/mol. The highest BCUT2D eigenvalue weighted by Crippen LogP contribution is 2.38. The van der Waals surface area contributed by atoms with Crippen LogP contribution in [0.1, 0.15) is 29.8 Å². The lowest BCUT2D eigenvalue weighted by Gasteiger charge is -2.39. The molecule has 4 N–H and O–H groups in total. The summed E-state index contributed by atoms with van der Waals surface area (Å²) < 4.78 is 29.5. The van der Waals surface area contributed by atoms with E-state index in [1.165, 1.54) is 12.1 Å². The molecule has 1 aromatic carbocycles. The minimum atomic E-state index is -1.19. The van der Waals surface area contributed by atoms with E-state index in [1.807, 2.05) is 11.8 Å². The molecular weight excluding hydrogens is 478 g/mol. The summed E-state index contributed by atoms with van der Waals surface area (Å²) in [6.45, 7) is 3.01. The number of aromatic nitrogens is 3. The summed E-state index contributed by atoms with van der Waals surface area (Å²) in [5, 5.41) is 22.9. The number of aliphatic carboxylic acids is 1. The zero-order valence-electron chi connectivity index (χ0n) is 19.5. The van der Waals surface area contributed by atoms with E-state index in [9.17, 15) is 14.3 Å². The molecule has 1 aliphatic heterocycles. The smallest absolute Gasteiger partial charge is 0.310 e. The van der Waals surface area contributed by atoms with Crippen LogP contribution in [0.3, 0.4) is 0 Å². The van der Waals surface area contributed by atoms with Gasteiger partial charge in [0.1, 0.15) is 11.6 Å². The van der Waals surface area contributed by atoms with E-state index < -0.39 is 23.0 Å². The Morgan fingerprint density at radius 1 is 1.23 bits per heavy atom. The summed E-state index contributed by atoms with van der Waals surface area (Å²) in [6, 6.07) is 8.13. The van der Waals surface area contributed by atoms with Crippen LogP contribution in [0.4, 0.5) is 26.1 Å². The number of nitrogens with zero attached hydrogens (tertiary/aromatic N) is 3. The highest BCUT2D eigenvalue weighted by Gasteiger charge is 2.43. The number of likely N-dealkylation sites (tertiary alicyclic amines) is 1. The lowest BCUT2D eigenvalue weighted by Crippen LogP contribution is -2.45. The Morgan fingerprint density at radius 3 is 2.60 bits per heavy atom. The third-order valence-corrected chi connectivity index (χ3v) is 6.75. The maximum Gasteiger partial charge on any atom is 0.310 e. The zero-order chi connectivity index (χ0) is 25.2. The fourth-order valence-corrected chi connectivity index (χ4v) is 4.59. The van der Waals surface area contributed by atoms with Gasteiger partial charge >= 0.3 is 5.97 Å². The van der Waals surface area contributed by atoms with Gasteiger partial charge in [-0.25, -0.2) is 13.8 Å². The molecule has 8 nitrogen and oxygen atoms in total. The highest BCUT2D eigenvalue weighted by atomic mass is 35.5. The number of carboxylic acids is 1. The number of H-pyrrole nitrogens is 1. The largest absolute Gasteiger partial charge is 0.481 e. The van der Waals surface area contributed by atoms with Crippen LogP contribution in [0.15, 0.2) is 30.3 Å². The number of pyridine rings is 1. The first-order valence-corrected chi connectivity index (χ1v) is 11.6. The van der Waals surface area contributed by atoms with Gasteiger partial charge in [0, 0.05) is 43.4 Å². The van der Waals surface area contributed by atoms with Crippen molar-refractivity contribution in [2.24, 2.45) is 5.41 Å². The van der Waals surface area contributed by atoms with E-state index in [4.69, 9.17) is 11.6 Å². The van der Waals surface area contributed by atoms with Gasteiger partial charge in [0.15, 0.2) is 11.6 Å². The number of benzene rings is 1. The first-order valence-electron chi connectivity index (χ1n) is 11.3. The standard InChI is InChI=1S/C24H27ClF2N6O2/c1-14-10-20(32-31-14)30-19-11-17(28-2)22(27)18(29-19)12-24(23(34)35)6-8-33(9-7-24)13-15-4-3-5-16(25)21(15)26/h3-5,10-11H,6-9,12-13H2,1-2H3,(H,34,35)(H3,28,29,30,31,32). The number of hydrogen-bond acceptors (Lipinski definition) is 6. The van der Waals surface area contributed by atoms with Crippen LogP contribution in [0.2, 0.25) is 5.02 Å². The molecule has 0 spiro atoms. The van der Waals surface area contributed by atoms with Gasteiger partial charge in [0.25, 0.3) is 0 Å². The normalized spacial score (nSPS) is 15.7. The maximum absolute atomic E-state index is 15.2. The molecule has 0 saturated carbocycles. The summed E-state index contributed by atoms with van der Waals surface area (Å²) in [5.74, 6) is -1.18. The molecule has 35 heavy (non-hydrogen) atoms. The average molecular weight is 505 g/mol. The summed E-state index contributed by atoms with van der Waals surface area (Å²) in [4.78, 5) is 18.8. The van der Waals surface area contributed by atoms with Gasteiger partial charge < -0.3 is 15.7 Å². The second-order valence-electron chi connectivity index (χ2n) is 8.88. The predicted octanol–water partition coefficient (Wildman–Crippen LogP) is 4.74. The molecule has 3 heterocycles.